The van der Waals surface area contributed by atoms with Gasteiger partial charge in [0.15, 0.2) is 5.65 Å². The summed E-state index contributed by atoms with van der Waals surface area (Å²) in [5.41, 5.74) is 6.02. The normalized spacial score (nSPS) is 11.2. The Bertz CT molecular complexity index is 1030. The molecule has 25 heavy (non-hydrogen) atoms. The molecule has 0 bridgehead atoms. The SMILES string of the molecule is Cc1cc(NCc2cn(C)nc2-c2ccccc2)n2nc(C)cc2n1. The van der Waals surface area contributed by atoms with Crippen LogP contribution >= 0.6 is 0 Å². The molecule has 1 N–H and O–H groups in total. The van der Waals surface area contributed by atoms with Gasteiger partial charge in [0, 0.05) is 48.7 Å². The molecule has 0 radical (unpaired) electrons. The molecule has 126 valence electrons. The molecule has 0 amide bonds. The first-order valence-corrected chi connectivity index (χ1v) is 8.26. The van der Waals surface area contributed by atoms with Gasteiger partial charge in [0.1, 0.15) is 5.82 Å². The molecule has 0 aliphatic carbocycles. The fourth-order valence-corrected chi connectivity index (χ4v) is 3.03. The molecular formula is C19H20N6. The molecule has 0 atom stereocenters. The molecule has 0 aliphatic rings. The summed E-state index contributed by atoms with van der Waals surface area (Å²) in [6.07, 6.45) is 2.05. The van der Waals surface area contributed by atoms with Gasteiger partial charge < -0.3 is 5.32 Å². The number of aryl methyl sites for hydroxylation is 3. The highest BCUT2D eigenvalue weighted by Crippen LogP contribution is 2.23. The molecule has 0 saturated heterocycles. The third-order valence-electron chi connectivity index (χ3n) is 4.09. The van der Waals surface area contributed by atoms with Crippen molar-refractivity contribution in [2.24, 2.45) is 7.05 Å². The van der Waals surface area contributed by atoms with Crippen molar-refractivity contribution in [1.82, 2.24) is 24.4 Å². The lowest BCUT2D eigenvalue weighted by Crippen LogP contribution is -2.07. The minimum atomic E-state index is 0.662. The van der Waals surface area contributed by atoms with Crippen LogP contribution in [0.2, 0.25) is 0 Å². The van der Waals surface area contributed by atoms with Crippen molar-refractivity contribution in [2.45, 2.75) is 20.4 Å². The maximum absolute atomic E-state index is 4.62. The van der Waals surface area contributed by atoms with Gasteiger partial charge in [-0.3, -0.25) is 4.68 Å². The van der Waals surface area contributed by atoms with E-state index in [1.54, 1.807) is 0 Å². The number of aromatic nitrogens is 5. The summed E-state index contributed by atoms with van der Waals surface area (Å²) in [5, 5.41) is 12.6. The third-order valence-corrected chi connectivity index (χ3v) is 4.09. The van der Waals surface area contributed by atoms with E-state index in [-0.39, 0.29) is 0 Å². The van der Waals surface area contributed by atoms with Crippen LogP contribution in [0.4, 0.5) is 5.82 Å². The standard InChI is InChI=1S/C19H20N6/c1-13-9-17(25-18(21-13)10-14(2)22-25)20-11-16-12-24(3)23-19(16)15-7-5-4-6-8-15/h4-10,12,20H,11H2,1-3H3. The van der Waals surface area contributed by atoms with E-state index in [9.17, 15) is 0 Å². The van der Waals surface area contributed by atoms with Gasteiger partial charge in [0.25, 0.3) is 0 Å². The predicted octanol–water partition coefficient (Wildman–Crippen LogP) is 3.36. The number of benzene rings is 1. The van der Waals surface area contributed by atoms with Gasteiger partial charge >= 0.3 is 0 Å². The summed E-state index contributed by atoms with van der Waals surface area (Å²) in [7, 11) is 1.95. The summed E-state index contributed by atoms with van der Waals surface area (Å²) in [6.45, 7) is 4.63. The number of anilines is 1. The highest BCUT2D eigenvalue weighted by molar-refractivity contribution is 5.63. The average Bonchev–Trinajstić information content (AvgIpc) is 3.15. The average molecular weight is 332 g/mol. The Kier molecular flexibility index (Phi) is 3.72. The lowest BCUT2D eigenvalue weighted by atomic mass is 10.1. The molecule has 3 aromatic heterocycles. The molecule has 1 aromatic carbocycles. The molecular weight excluding hydrogens is 312 g/mol. The van der Waals surface area contributed by atoms with E-state index >= 15 is 0 Å². The first-order chi connectivity index (χ1) is 12.1. The lowest BCUT2D eigenvalue weighted by Gasteiger charge is -2.09. The molecule has 6 nitrogen and oxygen atoms in total. The Labute approximate surface area is 146 Å². The van der Waals surface area contributed by atoms with Crippen LogP contribution in [0.25, 0.3) is 16.9 Å². The van der Waals surface area contributed by atoms with Gasteiger partial charge in [-0.2, -0.15) is 14.7 Å². The maximum atomic E-state index is 4.62. The zero-order chi connectivity index (χ0) is 17.4. The third kappa shape index (κ3) is 2.98. The highest BCUT2D eigenvalue weighted by Gasteiger charge is 2.11. The van der Waals surface area contributed by atoms with E-state index < -0.39 is 0 Å². The fourth-order valence-electron chi connectivity index (χ4n) is 3.03. The second kappa shape index (κ2) is 6.05. The van der Waals surface area contributed by atoms with Crippen LogP contribution in [0.3, 0.4) is 0 Å². The lowest BCUT2D eigenvalue weighted by molar-refractivity contribution is 0.770. The minimum Gasteiger partial charge on any atom is -0.366 e. The van der Waals surface area contributed by atoms with Gasteiger partial charge in [0.2, 0.25) is 0 Å². The predicted molar refractivity (Wildman–Crippen MR) is 98.4 cm³/mol. The van der Waals surface area contributed by atoms with Crippen molar-refractivity contribution in [3.8, 4) is 11.3 Å². The van der Waals surface area contributed by atoms with Crippen molar-refractivity contribution in [1.29, 1.82) is 0 Å². The molecule has 6 heteroatoms. The first kappa shape index (κ1) is 15.4. The number of rotatable bonds is 4. The van der Waals surface area contributed by atoms with Crippen LogP contribution in [-0.2, 0) is 13.6 Å². The summed E-state index contributed by atoms with van der Waals surface area (Å²) in [6, 6.07) is 14.2. The van der Waals surface area contributed by atoms with E-state index in [1.165, 1.54) is 0 Å². The van der Waals surface area contributed by atoms with Crippen LogP contribution in [0.1, 0.15) is 17.0 Å². The molecule has 4 rings (SSSR count). The largest absolute Gasteiger partial charge is 0.366 e. The summed E-state index contributed by atoms with van der Waals surface area (Å²) in [5.74, 6) is 0.929. The van der Waals surface area contributed by atoms with Gasteiger partial charge in [-0.05, 0) is 13.8 Å². The second-order valence-corrected chi connectivity index (χ2v) is 6.23. The minimum absolute atomic E-state index is 0.662. The van der Waals surface area contributed by atoms with Gasteiger partial charge in [-0.1, -0.05) is 30.3 Å². The Balaban J connectivity index is 1.67. The number of hydrogen-bond acceptors (Lipinski definition) is 4. The van der Waals surface area contributed by atoms with Crippen molar-refractivity contribution in [2.75, 3.05) is 5.32 Å². The van der Waals surface area contributed by atoms with E-state index in [4.69, 9.17) is 0 Å². The molecule has 0 aliphatic heterocycles. The van der Waals surface area contributed by atoms with Crippen molar-refractivity contribution in [3.05, 3.63) is 65.6 Å². The Morgan fingerprint density at radius 1 is 1.00 bits per heavy atom. The second-order valence-electron chi connectivity index (χ2n) is 6.23. The van der Waals surface area contributed by atoms with Crippen molar-refractivity contribution < 1.29 is 0 Å². The van der Waals surface area contributed by atoms with Crippen LogP contribution in [0.5, 0.6) is 0 Å². The quantitative estimate of drug-likeness (QED) is 0.622. The first-order valence-electron chi connectivity index (χ1n) is 8.26. The van der Waals surface area contributed by atoms with Crippen LogP contribution in [-0.4, -0.2) is 24.4 Å². The highest BCUT2D eigenvalue weighted by atomic mass is 15.3. The Hall–Kier alpha value is -3.15. The van der Waals surface area contributed by atoms with Crippen LogP contribution < -0.4 is 5.32 Å². The van der Waals surface area contributed by atoms with E-state index in [0.29, 0.717) is 6.54 Å². The molecule has 0 fully saturated rings. The molecule has 0 unspecified atom stereocenters. The Morgan fingerprint density at radius 2 is 1.80 bits per heavy atom. The molecule has 0 spiro atoms. The fraction of sp³-hybridized carbons (Fsp3) is 0.211. The monoisotopic (exact) mass is 332 g/mol. The van der Waals surface area contributed by atoms with E-state index in [0.717, 1.165) is 39.7 Å². The number of nitrogens with one attached hydrogen (secondary N) is 1. The van der Waals surface area contributed by atoms with Gasteiger partial charge in [-0.25, -0.2) is 4.98 Å². The topological polar surface area (TPSA) is 60.0 Å². The van der Waals surface area contributed by atoms with Gasteiger partial charge in [0.05, 0.1) is 11.4 Å². The Morgan fingerprint density at radius 3 is 2.60 bits per heavy atom. The van der Waals surface area contributed by atoms with Crippen LogP contribution in [0.15, 0.2) is 48.7 Å². The number of fused-ring (bicyclic) bond motifs is 1. The van der Waals surface area contributed by atoms with Crippen molar-refractivity contribution >= 4 is 11.5 Å². The zero-order valence-corrected chi connectivity index (χ0v) is 14.6. The summed E-state index contributed by atoms with van der Waals surface area (Å²) >= 11 is 0. The molecule has 0 saturated carbocycles. The van der Waals surface area contributed by atoms with Gasteiger partial charge in [-0.15, -0.1) is 0 Å². The van der Waals surface area contributed by atoms with E-state index in [1.807, 2.05) is 60.4 Å². The summed E-state index contributed by atoms with van der Waals surface area (Å²) in [4.78, 5) is 4.53. The molecule has 3 heterocycles. The van der Waals surface area contributed by atoms with Crippen molar-refractivity contribution in [3.63, 3.8) is 0 Å². The van der Waals surface area contributed by atoms with Crippen LogP contribution in [0, 0.1) is 13.8 Å². The summed E-state index contributed by atoms with van der Waals surface area (Å²) < 4.78 is 3.70. The zero-order valence-electron chi connectivity index (χ0n) is 14.6. The number of nitrogens with zero attached hydrogens (tertiary/aromatic N) is 5. The van der Waals surface area contributed by atoms with E-state index in [2.05, 4.69) is 38.8 Å². The maximum Gasteiger partial charge on any atom is 0.157 e. The number of hydrogen-bond donors (Lipinski definition) is 1. The molecule has 4 aromatic rings. The smallest absolute Gasteiger partial charge is 0.157 e.